The van der Waals surface area contributed by atoms with Crippen LogP contribution in [0, 0.1) is 0 Å². The average Bonchev–Trinajstić information content (AvgIpc) is 2.46. The van der Waals surface area contributed by atoms with Gasteiger partial charge in [-0.15, -0.1) is 0 Å². The maximum atomic E-state index is 11.8. The first-order valence-corrected chi connectivity index (χ1v) is 6.80. The molecule has 0 N–H and O–H groups in total. The lowest BCUT2D eigenvalue weighted by atomic mass is 10.2. The van der Waals surface area contributed by atoms with Crippen LogP contribution in [-0.4, -0.2) is 14.8 Å². The summed E-state index contributed by atoms with van der Waals surface area (Å²) in [6, 6.07) is 7.14. The van der Waals surface area contributed by atoms with Gasteiger partial charge in [-0.05, 0) is 24.6 Å². The summed E-state index contributed by atoms with van der Waals surface area (Å²) in [5, 5.41) is 4.42. The molecular weight excluding hydrogens is 238 g/mol. The predicted molar refractivity (Wildman–Crippen MR) is 75.9 cm³/mol. The molecule has 0 unspecified atom stereocenters. The highest BCUT2D eigenvalue weighted by Gasteiger charge is 2.02. The number of hydrogen-bond donors (Lipinski definition) is 0. The van der Waals surface area contributed by atoms with Crippen LogP contribution >= 0.6 is 0 Å². The zero-order valence-corrected chi connectivity index (χ0v) is 11.2. The van der Waals surface area contributed by atoms with E-state index >= 15 is 0 Å². The molecule has 0 saturated carbocycles. The zero-order valence-electron chi connectivity index (χ0n) is 11.2. The molecule has 2 heterocycles. The second kappa shape index (κ2) is 6.83. The highest BCUT2D eigenvalue weighted by Crippen LogP contribution is 2.13. The van der Waals surface area contributed by atoms with Gasteiger partial charge in [0.1, 0.15) is 0 Å². The van der Waals surface area contributed by atoms with E-state index in [1.54, 1.807) is 29.2 Å². The van der Waals surface area contributed by atoms with Crippen LogP contribution in [0.5, 0.6) is 0 Å². The van der Waals surface area contributed by atoms with Crippen molar-refractivity contribution in [1.82, 2.24) is 14.8 Å². The Kier molecular flexibility index (Phi) is 4.84. The van der Waals surface area contributed by atoms with Crippen molar-refractivity contribution in [3.8, 4) is 11.3 Å². The van der Waals surface area contributed by atoms with E-state index in [1.807, 2.05) is 12.1 Å². The van der Waals surface area contributed by atoms with Crippen LogP contribution in [0.15, 0.2) is 41.5 Å². The van der Waals surface area contributed by atoms with Gasteiger partial charge < -0.3 is 0 Å². The Morgan fingerprint density at radius 3 is 2.58 bits per heavy atom. The molecule has 2 rings (SSSR count). The Morgan fingerprint density at radius 1 is 1.05 bits per heavy atom. The van der Waals surface area contributed by atoms with E-state index in [-0.39, 0.29) is 5.56 Å². The second-order valence-corrected chi connectivity index (χ2v) is 4.58. The Morgan fingerprint density at radius 2 is 1.84 bits per heavy atom. The quantitative estimate of drug-likeness (QED) is 0.748. The number of hydrogen-bond acceptors (Lipinski definition) is 3. The van der Waals surface area contributed by atoms with Crippen molar-refractivity contribution in [2.75, 3.05) is 0 Å². The first kappa shape index (κ1) is 13.5. The lowest BCUT2D eigenvalue weighted by Crippen LogP contribution is -2.22. The molecule has 19 heavy (non-hydrogen) atoms. The van der Waals surface area contributed by atoms with Crippen molar-refractivity contribution in [1.29, 1.82) is 0 Å². The molecule has 0 spiro atoms. The lowest BCUT2D eigenvalue weighted by molar-refractivity contribution is 0.521. The Hall–Kier alpha value is -1.97. The number of nitrogens with zero attached hydrogens (tertiary/aromatic N) is 3. The molecule has 0 aliphatic heterocycles. The van der Waals surface area contributed by atoms with Gasteiger partial charge in [-0.2, -0.15) is 5.10 Å². The molecule has 4 heteroatoms. The summed E-state index contributed by atoms with van der Waals surface area (Å²) < 4.78 is 1.56. The van der Waals surface area contributed by atoms with Gasteiger partial charge in [0, 0.05) is 30.6 Å². The third-order valence-electron chi connectivity index (χ3n) is 3.07. The van der Waals surface area contributed by atoms with Crippen LogP contribution in [0.2, 0.25) is 0 Å². The number of aryl methyl sites for hydroxylation is 1. The van der Waals surface area contributed by atoms with E-state index in [0.717, 1.165) is 24.1 Å². The summed E-state index contributed by atoms with van der Waals surface area (Å²) in [5.74, 6) is 0. The van der Waals surface area contributed by atoms with Crippen molar-refractivity contribution >= 4 is 0 Å². The molecule has 0 atom stereocenters. The topological polar surface area (TPSA) is 47.8 Å². The molecule has 0 radical (unpaired) electrons. The van der Waals surface area contributed by atoms with Crippen molar-refractivity contribution in [2.24, 2.45) is 0 Å². The fourth-order valence-electron chi connectivity index (χ4n) is 1.97. The third-order valence-corrected chi connectivity index (χ3v) is 3.07. The minimum atomic E-state index is -0.0331. The fourth-order valence-corrected chi connectivity index (χ4v) is 1.97. The highest BCUT2D eigenvalue weighted by molar-refractivity contribution is 5.56. The van der Waals surface area contributed by atoms with Crippen LogP contribution in [0.3, 0.4) is 0 Å². The smallest absolute Gasteiger partial charge is 0.266 e. The van der Waals surface area contributed by atoms with Gasteiger partial charge in [0.15, 0.2) is 0 Å². The zero-order chi connectivity index (χ0) is 13.5. The number of pyridine rings is 1. The van der Waals surface area contributed by atoms with E-state index in [2.05, 4.69) is 17.0 Å². The van der Waals surface area contributed by atoms with Crippen LogP contribution < -0.4 is 5.56 Å². The minimum absolute atomic E-state index is 0.0331. The normalized spacial score (nSPS) is 10.6. The molecule has 0 saturated heterocycles. The van der Waals surface area contributed by atoms with Gasteiger partial charge in [0.05, 0.1) is 5.69 Å². The van der Waals surface area contributed by atoms with E-state index in [9.17, 15) is 4.79 Å². The van der Waals surface area contributed by atoms with Gasteiger partial charge >= 0.3 is 0 Å². The fraction of sp³-hybridized carbons (Fsp3) is 0.400. The molecule has 0 amide bonds. The lowest BCUT2D eigenvalue weighted by Gasteiger charge is -2.06. The second-order valence-electron chi connectivity index (χ2n) is 4.58. The van der Waals surface area contributed by atoms with Crippen molar-refractivity contribution in [3.63, 3.8) is 0 Å². The summed E-state index contributed by atoms with van der Waals surface area (Å²) in [4.78, 5) is 15.7. The molecular formula is C15H19N3O. The van der Waals surface area contributed by atoms with E-state index in [0.29, 0.717) is 6.54 Å². The molecule has 0 aliphatic rings. The predicted octanol–water partition coefficient (Wildman–Crippen LogP) is 2.89. The third kappa shape index (κ3) is 3.74. The maximum absolute atomic E-state index is 11.8. The molecule has 0 bridgehead atoms. The summed E-state index contributed by atoms with van der Waals surface area (Å²) in [5.41, 5.74) is 1.77. The van der Waals surface area contributed by atoms with E-state index < -0.39 is 0 Å². The summed E-state index contributed by atoms with van der Waals surface area (Å²) in [6.45, 7) is 2.87. The molecule has 0 aromatic carbocycles. The number of aromatic nitrogens is 3. The van der Waals surface area contributed by atoms with Gasteiger partial charge in [-0.1, -0.05) is 26.2 Å². The van der Waals surface area contributed by atoms with Crippen molar-refractivity contribution in [2.45, 2.75) is 39.2 Å². The van der Waals surface area contributed by atoms with Crippen LogP contribution in [-0.2, 0) is 6.54 Å². The summed E-state index contributed by atoms with van der Waals surface area (Å²) in [7, 11) is 0. The molecule has 4 nitrogen and oxygen atoms in total. The first-order valence-electron chi connectivity index (χ1n) is 6.80. The monoisotopic (exact) mass is 257 g/mol. The van der Waals surface area contributed by atoms with Crippen LogP contribution in [0.1, 0.15) is 32.6 Å². The van der Waals surface area contributed by atoms with Crippen LogP contribution in [0.4, 0.5) is 0 Å². The minimum Gasteiger partial charge on any atom is -0.268 e. The number of rotatable bonds is 6. The average molecular weight is 257 g/mol. The largest absolute Gasteiger partial charge is 0.268 e. The van der Waals surface area contributed by atoms with Gasteiger partial charge in [0.2, 0.25) is 0 Å². The Balaban J connectivity index is 2.13. The standard InChI is InChI=1S/C15H19N3O/c1-2-3-4-5-12-18-15(19)7-6-14(17-18)13-8-10-16-11-9-13/h6-11H,2-5,12H2,1H3. The molecule has 0 fully saturated rings. The van der Waals surface area contributed by atoms with Gasteiger partial charge in [0.25, 0.3) is 5.56 Å². The molecule has 100 valence electrons. The molecule has 0 aliphatic carbocycles. The Labute approximate surface area is 113 Å². The highest BCUT2D eigenvalue weighted by atomic mass is 16.1. The Bertz CT molecular complexity index is 563. The molecule has 2 aromatic heterocycles. The maximum Gasteiger partial charge on any atom is 0.266 e. The van der Waals surface area contributed by atoms with Crippen molar-refractivity contribution < 1.29 is 0 Å². The summed E-state index contributed by atoms with van der Waals surface area (Å²) in [6.07, 6.45) is 8.00. The van der Waals surface area contributed by atoms with Gasteiger partial charge in [-0.3, -0.25) is 9.78 Å². The van der Waals surface area contributed by atoms with E-state index in [1.165, 1.54) is 12.8 Å². The van der Waals surface area contributed by atoms with E-state index in [4.69, 9.17) is 0 Å². The van der Waals surface area contributed by atoms with Crippen LogP contribution in [0.25, 0.3) is 11.3 Å². The first-order chi connectivity index (χ1) is 9.31. The van der Waals surface area contributed by atoms with Crippen molar-refractivity contribution in [3.05, 3.63) is 47.0 Å². The SMILES string of the molecule is CCCCCCn1nc(-c2ccncc2)ccc1=O. The summed E-state index contributed by atoms with van der Waals surface area (Å²) >= 11 is 0. The van der Waals surface area contributed by atoms with Gasteiger partial charge in [-0.25, -0.2) is 4.68 Å². The molecule has 2 aromatic rings. The number of unbranched alkanes of at least 4 members (excludes halogenated alkanes) is 3.